The van der Waals surface area contributed by atoms with Gasteiger partial charge in [0.2, 0.25) is 0 Å². The van der Waals surface area contributed by atoms with Crippen LogP contribution in [0.15, 0.2) is 36.9 Å². The van der Waals surface area contributed by atoms with Crippen LogP contribution in [-0.4, -0.2) is 36.5 Å². The summed E-state index contributed by atoms with van der Waals surface area (Å²) in [5.74, 6) is -1.03. The van der Waals surface area contributed by atoms with Gasteiger partial charge in [0.1, 0.15) is 18.8 Å². The second kappa shape index (κ2) is 6.85. The minimum atomic E-state index is -1.03. The van der Waals surface area contributed by atoms with E-state index in [1.165, 1.54) is 0 Å². The highest BCUT2D eigenvalue weighted by molar-refractivity contribution is 6.30. The predicted octanol–water partition coefficient (Wildman–Crippen LogP) is 2.41. The molecule has 6 heteroatoms. The lowest BCUT2D eigenvalue weighted by Gasteiger charge is -2.34. The molecular weight excluding hydrogens is 284 g/mol. The lowest BCUT2D eigenvalue weighted by Crippen LogP contribution is -2.41. The van der Waals surface area contributed by atoms with Gasteiger partial charge in [0, 0.05) is 10.6 Å². The van der Waals surface area contributed by atoms with E-state index in [4.69, 9.17) is 30.9 Å². The quantitative estimate of drug-likeness (QED) is 0.846. The van der Waals surface area contributed by atoms with Crippen molar-refractivity contribution in [2.24, 2.45) is 0 Å². The molecular formula is C14H15ClO5. The Balaban J connectivity index is 1.99. The summed E-state index contributed by atoms with van der Waals surface area (Å²) >= 11 is 5.83. The van der Waals surface area contributed by atoms with E-state index in [0.29, 0.717) is 5.02 Å². The smallest absolute Gasteiger partial charge is 0.329 e. The monoisotopic (exact) mass is 298 g/mol. The van der Waals surface area contributed by atoms with Crippen molar-refractivity contribution >= 4 is 17.6 Å². The third-order valence-corrected chi connectivity index (χ3v) is 3.11. The molecule has 1 saturated heterocycles. The first kappa shape index (κ1) is 15.0. The molecule has 0 spiro atoms. The fraction of sp³-hybridized carbons (Fsp3) is 0.357. The number of rotatable bonds is 5. The molecule has 0 saturated carbocycles. The van der Waals surface area contributed by atoms with Crippen LogP contribution in [0.1, 0.15) is 11.9 Å². The van der Waals surface area contributed by atoms with E-state index in [1.54, 1.807) is 18.2 Å². The van der Waals surface area contributed by atoms with E-state index < -0.39 is 31.1 Å². The molecule has 1 aliphatic rings. The first-order chi connectivity index (χ1) is 9.60. The molecule has 0 radical (unpaired) electrons. The van der Waals surface area contributed by atoms with Crippen LogP contribution in [0.4, 0.5) is 0 Å². The van der Waals surface area contributed by atoms with Crippen LogP contribution >= 0.6 is 11.6 Å². The highest BCUT2D eigenvalue weighted by Gasteiger charge is 2.32. The van der Waals surface area contributed by atoms with Crippen molar-refractivity contribution in [3.63, 3.8) is 0 Å². The van der Waals surface area contributed by atoms with Crippen LogP contribution in [0.25, 0.3) is 0 Å². The van der Waals surface area contributed by atoms with Gasteiger partial charge in [-0.1, -0.05) is 29.8 Å². The van der Waals surface area contributed by atoms with Gasteiger partial charge in [-0.2, -0.15) is 0 Å². The molecule has 2 rings (SSSR count). The first-order valence-electron chi connectivity index (χ1n) is 6.08. The average molecular weight is 299 g/mol. The second-order valence-electron chi connectivity index (χ2n) is 4.30. The first-order valence-corrected chi connectivity index (χ1v) is 6.46. The Labute approximate surface area is 121 Å². The molecule has 1 aliphatic heterocycles. The highest BCUT2D eigenvalue weighted by Crippen LogP contribution is 2.28. The van der Waals surface area contributed by atoms with Crippen molar-refractivity contribution in [3.8, 4) is 0 Å². The van der Waals surface area contributed by atoms with Gasteiger partial charge in [-0.25, -0.2) is 4.79 Å². The number of hydrogen-bond donors (Lipinski definition) is 1. The minimum Gasteiger partial charge on any atom is -0.480 e. The summed E-state index contributed by atoms with van der Waals surface area (Å²) in [6.07, 6.45) is 0.133. The van der Waals surface area contributed by atoms with Gasteiger partial charge in [0.25, 0.3) is 0 Å². The number of aliphatic carboxylic acids is 1. The van der Waals surface area contributed by atoms with E-state index in [-0.39, 0.29) is 6.61 Å². The van der Waals surface area contributed by atoms with Crippen molar-refractivity contribution in [3.05, 3.63) is 47.5 Å². The number of ether oxygens (including phenoxy) is 3. The zero-order valence-electron chi connectivity index (χ0n) is 10.7. The summed E-state index contributed by atoms with van der Waals surface area (Å²) in [4.78, 5) is 10.5. The SMILES string of the molecule is C=C[C@@H]1O[C@H](c2ccc(Cl)cc2)OC[C@H]1OCC(=O)O. The maximum atomic E-state index is 10.5. The fourth-order valence-corrected chi connectivity index (χ4v) is 2.00. The predicted molar refractivity (Wildman–Crippen MR) is 72.6 cm³/mol. The van der Waals surface area contributed by atoms with Gasteiger partial charge in [0.05, 0.1) is 6.61 Å². The third-order valence-electron chi connectivity index (χ3n) is 2.85. The van der Waals surface area contributed by atoms with E-state index in [9.17, 15) is 4.79 Å². The van der Waals surface area contributed by atoms with Crippen LogP contribution in [0.2, 0.25) is 5.02 Å². The Kier molecular flexibility index (Phi) is 5.14. The molecule has 5 nitrogen and oxygen atoms in total. The van der Waals surface area contributed by atoms with Crippen molar-refractivity contribution < 1.29 is 24.1 Å². The molecule has 1 heterocycles. The van der Waals surface area contributed by atoms with E-state index >= 15 is 0 Å². The zero-order chi connectivity index (χ0) is 14.5. The maximum Gasteiger partial charge on any atom is 0.329 e. The highest BCUT2D eigenvalue weighted by atomic mass is 35.5. The number of carboxylic acid groups (broad SMARTS) is 1. The standard InChI is InChI=1S/C14H15ClO5/c1-2-11-12(18-8-13(16)17)7-19-14(20-11)9-3-5-10(15)6-4-9/h2-6,11-12,14H,1,7-8H2,(H,16,17)/t11-,12+,14+/m0/s1. The second-order valence-corrected chi connectivity index (χ2v) is 4.73. The van der Waals surface area contributed by atoms with E-state index in [1.807, 2.05) is 12.1 Å². The van der Waals surface area contributed by atoms with Gasteiger partial charge in [-0.15, -0.1) is 6.58 Å². The maximum absolute atomic E-state index is 10.5. The van der Waals surface area contributed by atoms with Gasteiger partial charge >= 0.3 is 5.97 Å². The number of carboxylic acids is 1. The van der Waals surface area contributed by atoms with Crippen LogP contribution in [0, 0.1) is 0 Å². The lowest BCUT2D eigenvalue weighted by molar-refractivity contribution is -0.253. The third kappa shape index (κ3) is 3.80. The number of hydrogen-bond acceptors (Lipinski definition) is 4. The van der Waals surface area contributed by atoms with E-state index in [0.717, 1.165) is 5.56 Å². The van der Waals surface area contributed by atoms with Gasteiger partial charge < -0.3 is 19.3 Å². The number of halogens is 1. The van der Waals surface area contributed by atoms with Gasteiger partial charge in [-0.3, -0.25) is 0 Å². The topological polar surface area (TPSA) is 65.0 Å². The Morgan fingerprint density at radius 1 is 1.50 bits per heavy atom. The van der Waals surface area contributed by atoms with Gasteiger partial charge in [0.15, 0.2) is 6.29 Å². The molecule has 1 aromatic rings. The Morgan fingerprint density at radius 2 is 2.20 bits per heavy atom. The van der Waals surface area contributed by atoms with Crippen molar-refractivity contribution in [1.29, 1.82) is 0 Å². The van der Waals surface area contributed by atoms with Crippen LogP contribution in [0.5, 0.6) is 0 Å². The molecule has 3 atom stereocenters. The molecule has 20 heavy (non-hydrogen) atoms. The van der Waals surface area contributed by atoms with Crippen molar-refractivity contribution in [2.45, 2.75) is 18.5 Å². The largest absolute Gasteiger partial charge is 0.480 e. The molecule has 108 valence electrons. The van der Waals surface area contributed by atoms with Crippen LogP contribution < -0.4 is 0 Å². The molecule has 0 aliphatic carbocycles. The fourth-order valence-electron chi connectivity index (χ4n) is 1.87. The minimum absolute atomic E-state index is 0.233. The summed E-state index contributed by atoms with van der Waals surface area (Å²) in [6.45, 7) is 3.51. The lowest BCUT2D eigenvalue weighted by atomic mass is 10.1. The Hall–Kier alpha value is -1.40. The average Bonchev–Trinajstić information content (AvgIpc) is 2.45. The summed E-state index contributed by atoms with van der Waals surface area (Å²) in [7, 11) is 0. The summed E-state index contributed by atoms with van der Waals surface area (Å²) in [5, 5.41) is 9.25. The van der Waals surface area contributed by atoms with Crippen molar-refractivity contribution in [2.75, 3.05) is 13.2 Å². The Morgan fingerprint density at radius 3 is 2.80 bits per heavy atom. The zero-order valence-corrected chi connectivity index (χ0v) is 11.5. The summed E-state index contributed by atoms with van der Waals surface area (Å²) < 4.78 is 16.5. The summed E-state index contributed by atoms with van der Waals surface area (Å²) in [5.41, 5.74) is 0.831. The summed E-state index contributed by atoms with van der Waals surface area (Å²) in [6, 6.07) is 7.12. The molecule has 0 unspecified atom stereocenters. The normalized spacial score (nSPS) is 26.1. The molecule has 0 aromatic heterocycles. The van der Waals surface area contributed by atoms with Crippen LogP contribution in [0.3, 0.4) is 0 Å². The molecule has 1 fully saturated rings. The molecule has 1 N–H and O–H groups in total. The Bertz CT molecular complexity index is 473. The van der Waals surface area contributed by atoms with E-state index in [2.05, 4.69) is 6.58 Å². The molecule has 0 bridgehead atoms. The number of carbonyl (C=O) groups is 1. The van der Waals surface area contributed by atoms with Crippen molar-refractivity contribution in [1.82, 2.24) is 0 Å². The molecule has 0 amide bonds. The van der Waals surface area contributed by atoms with Gasteiger partial charge in [-0.05, 0) is 12.1 Å². The molecule has 1 aromatic carbocycles. The van der Waals surface area contributed by atoms with Crippen LogP contribution in [-0.2, 0) is 19.0 Å². The number of benzene rings is 1.